The first kappa shape index (κ1) is 12.0. The van der Waals surface area contributed by atoms with Crippen LogP contribution in [-0.4, -0.2) is 30.1 Å². The maximum atomic E-state index is 11.4. The second-order valence-electron chi connectivity index (χ2n) is 3.94. The first-order chi connectivity index (χ1) is 8.11. The van der Waals surface area contributed by atoms with Gasteiger partial charge in [-0.25, -0.2) is 8.42 Å². The van der Waals surface area contributed by atoms with E-state index in [-0.39, 0.29) is 11.5 Å². The molecule has 2 rings (SSSR count). The minimum atomic E-state index is -2.90. The molecule has 0 fully saturated rings. The molecule has 0 unspecified atom stereocenters. The van der Waals surface area contributed by atoms with Gasteiger partial charge in [-0.2, -0.15) is 10.2 Å². The van der Waals surface area contributed by atoms with Crippen molar-refractivity contribution < 1.29 is 8.42 Å². The van der Waals surface area contributed by atoms with Crippen molar-refractivity contribution in [2.75, 3.05) is 11.5 Å². The average Bonchev–Trinajstić information content (AvgIpc) is 2.36. The lowest BCUT2D eigenvalue weighted by Gasteiger charge is -2.03. The average molecular weight is 250 g/mol. The third kappa shape index (κ3) is 3.00. The number of hydrogen-bond acceptors (Lipinski definition) is 4. The molecule has 17 heavy (non-hydrogen) atoms. The molecular formula is C12H14N2O2S. The molecule has 90 valence electrons. The van der Waals surface area contributed by atoms with Gasteiger partial charge in [0.1, 0.15) is 9.84 Å². The predicted octanol–water partition coefficient (Wildman–Crippen LogP) is 1.61. The number of sulfone groups is 1. The molecule has 2 aromatic rings. The van der Waals surface area contributed by atoms with Crippen LogP contribution in [0.3, 0.4) is 0 Å². The summed E-state index contributed by atoms with van der Waals surface area (Å²) in [6.45, 7) is 1.67. The van der Waals surface area contributed by atoms with Crippen LogP contribution in [0.1, 0.15) is 12.5 Å². The zero-order valence-corrected chi connectivity index (χ0v) is 10.4. The minimum Gasteiger partial charge on any atom is -0.229 e. The van der Waals surface area contributed by atoms with Crippen LogP contribution in [0.2, 0.25) is 0 Å². The predicted molar refractivity (Wildman–Crippen MR) is 67.6 cm³/mol. The van der Waals surface area contributed by atoms with Gasteiger partial charge in [0.25, 0.3) is 0 Å². The molecule has 0 aliphatic rings. The van der Waals surface area contributed by atoms with E-state index in [1.807, 2.05) is 18.2 Å². The fourth-order valence-electron chi connectivity index (χ4n) is 1.62. The highest BCUT2D eigenvalue weighted by Gasteiger charge is 2.07. The van der Waals surface area contributed by atoms with Crippen LogP contribution in [0.25, 0.3) is 10.8 Å². The van der Waals surface area contributed by atoms with E-state index in [4.69, 9.17) is 0 Å². The van der Waals surface area contributed by atoms with Gasteiger partial charge in [-0.1, -0.05) is 19.1 Å². The van der Waals surface area contributed by atoms with Gasteiger partial charge in [-0.3, -0.25) is 0 Å². The van der Waals surface area contributed by atoms with Crippen molar-refractivity contribution in [2.45, 2.75) is 13.3 Å². The largest absolute Gasteiger partial charge is 0.229 e. The SMILES string of the molecule is CCS(=O)(=O)CCc1ccc2cnncc2c1. The van der Waals surface area contributed by atoms with Crippen molar-refractivity contribution in [3.05, 3.63) is 36.2 Å². The molecule has 0 bridgehead atoms. The van der Waals surface area contributed by atoms with Crippen LogP contribution in [0.15, 0.2) is 30.6 Å². The quantitative estimate of drug-likeness (QED) is 0.827. The number of nitrogens with zero attached hydrogens (tertiary/aromatic N) is 2. The first-order valence-corrected chi connectivity index (χ1v) is 7.32. The van der Waals surface area contributed by atoms with E-state index in [1.165, 1.54) is 0 Å². The zero-order valence-electron chi connectivity index (χ0n) is 9.63. The van der Waals surface area contributed by atoms with Crippen molar-refractivity contribution in [3.63, 3.8) is 0 Å². The number of fused-ring (bicyclic) bond motifs is 1. The Bertz CT molecular complexity index is 623. The van der Waals surface area contributed by atoms with Crippen molar-refractivity contribution in [2.24, 2.45) is 0 Å². The lowest BCUT2D eigenvalue weighted by atomic mass is 10.1. The molecule has 1 aromatic heterocycles. The summed E-state index contributed by atoms with van der Waals surface area (Å²) in [4.78, 5) is 0. The van der Waals surface area contributed by atoms with E-state index in [0.29, 0.717) is 6.42 Å². The Morgan fingerprint density at radius 1 is 1.12 bits per heavy atom. The standard InChI is InChI=1S/C12H14N2O2S/c1-2-17(15,16)6-5-10-3-4-11-8-13-14-9-12(11)7-10/h3-4,7-9H,2,5-6H2,1H3. The summed E-state index contributed by atoms with van der Waals surface area (Å²) < 4.78 is 22.8. The van der Waals surface area contributed by atoms with Crippen LogP contribution >= 0.6 is 0 Å². The van der Waals surface area contributed by atoms with Gasteiger partial charge < -0.3 is 0 Å². The molecule has 0 aliphatic carbocycles. The number of aryl methyl sites for hydroxylation is 1. The summed E-state index contributed by atoms with van der Waals surface area (Å²) >= 11 is 0. The van der Waals surface area contributed by atoms with Gasteiger partial charge in [0.15, 0.2) is 0 Å². The summed E-state index contributed by atoms with van der Waals surface area (Å²) in [5.74, 6) is 0.402. The van der Waals surface area contributed by atoms with Crippen molar-refractivity contribution >= 4 is 20.6 Å². The monoisotopic (exact) mass is 250 g/mol. The summed E-state index contributed by atoms with van der Waals surface area (Å²) in [6, 6.07) is 5.85. The molecule has 0 aliphatic heterocycles. The van der Waals surface area contributed by atoms with Crippen LogP contribution in [0, 0.1) is 0 Å². The van der Waals surface area contributed by atoms with Crippen molar-refractivity contribution in [1.29, 1.82) is 0 Å². The molecule has 0 amide bonds. The van der Waals surface area contributed by atoms with Crippen molar-refractivity contribution in [3.8, 4) is 0 Å². The lowest BCUT2D eigenvalue weighted by Crippen LogP contribution is -2.10. The minimum absolute atomic E-state index is 0.200. The van der Waals surface area contributed by atoms with Crippen molar-refractivity contribution in [1.82, 2.24) is 10.2 Å². The molecule has 0 atom stereocenters. The fourth-order valence-corrected chi connectivity index (χ4v) is 2.45. The maximum absolute atomic E-state index is 11.4. The van der Waals surface area contributed by atoms with E-state index >= 15 is 0 Å². The van der Waals surface area contributed by atoms with E-state index in [1.54, 1.807) is 19.3 Å². The molecule has 0 spiro atoms. The molecule has 0 radical (unpaired) electrons. The van der Waals surface area contributed by atoms with Gasteiger partial charge in [-0.05, 0) is 18.1 Å². The Balaban J connectivity index is 2.20. The van der Waals surface area contributed by atoms with E-state index in [9.17, 15) is 8.42 Å². The number of hydrogen-bond donors (Lipinski definition) is 0. The normalized spacial score (nSPS) is 11.8. The van der Waals surface area contributed by atoms with Gasteiger partial charge >= 0.3 is 0 Å². The molecule has 0 N–H and O–H groups in total. The smallest absolute Gasteiger partial charge is 0.150 e. The maximum Gasteiger partial charge on any atom is 0.150 e. The van der Waals surface area contributed by atoms with E-state index in [2.05, 4.69) is 10.2 Å². The Kier molecular flexibility index (Phi) is 3.38. The highest BCUT2D eigenvalue weighted by Crippen LogP contribution is 2.14. The van der Waals surface area contributed by atoms with Gasteiger partial charge in [0.2, 0.25) is 0 Å². The third-order valence-corrected chi connectivity index (χ3v) is 4.46. The van der Waals surface area contributed by atoms with Crippen LogP contribution < -0.4 is 0 Å². The Hall–Kier alpha value is -1.49. The van der Waals surface area contributed by atoms with E-state index in [0.717, 1.165) is 16.3 Å². The Morgan fingerprint density at radius 2 is 1.82 bits per heavy atom. The molecule has 1 aromatic carbocycles. The lowest BCUT2D eigenvalue weighted by molar-refractivity contribution is 0.596. The summed E-state index contributed by atoms with van der Waals surface area (Å²) in [5.41, 5.74) is 1.02. The third-order valence-electron chi connectivity index (χ3n) is 2.75. The second-order valence-corrected chi connectivity index (χ2v) is 6.41. The van der Waals surface area contributed by atoms with Crippen LogP contribution in [-0.2, 0) is 16.3 Å². The van der Waals surface area contributed by atoms with Crippen LogP contribution in [0.5, 0.6) is 0 Å². The fraction of sp³-hybridized carbons (Fsp3) is 0.333. The van der Waals surface area contributed by atoms with E-state index < -0.39 is 9.84 Å². The topological polar surface area (TPSA) is 59.9 Å². The second kappa shape index (κ2) is 4.79. The van der Waals surface area contributed by atoms with Gasteiger partial charge in [0.05, 0.1) is 18.1 Å². The molecule has 1 heterocycles. The highest BCUT2D eigenvalue weighted by molar-refractivity contribution is 7.91. The zero-order chi connectivity index (χ0) is 12.3. The Morgan fingerprint density at radius 3 is 2.53 bits per heavy atom. The molecule has 0 saturated carbocycles. The number of rotatable bonds is 4. The molecule has 5 heteroatoms. The molecule has 4 nitrogen and oxygen atoms in total. The molecule has 0 saturated heterocycles. The van der Waals surface area contributed by atoms with Crippen LogP contribution in [0.4, 0.5) is 0 Å². The Labute approximate surface area is 101 Å². The number of aromatic nitrogens is 2. The summed E-state index contributed by atoms with van der Waals surface area (Å²) in [7, 11) is -2.90. The van der Waals surface area contributed by atoms with Gasteiger partial charge in [-0.15, -0.1) is 0 Å². The molecular weight excluding hydrogens is 236 g/mol. The van der Waals surface area contributed by atoms with Gasteiger partial charge in [0, 0.05) is 16.5 Å². The highest BCUT2D eigenvalue weighted by atomic mass is 32.2. The number of benzene rings is 1. The summed E-state index contributed by atoms with van der Waals surface area (Å²) in [5, 5.41) is 9.61. The summed E-state index contributed by atoms with van der Waals surface area (Å²) in [6.07, 6.45) is 3.93. The first-order valence-electron chi connectivity index (χ1n) is 5.50.